The van der Waals surface area contributed by atoms with Gasteiger partial charge in [-0.2, -0.15) is 0 Å². The zero-order chi connectivity index (χ0) is 17.3. The number of hydrogen-bond donors (Lipinski definition) is 3. The van der Waals surface area contributed by atoms with Gasteiger partial charge in [0.2, 0.25) is 0 Å². The highest BCUT2D eigenvalue weighted by Crippen LogP contribution is 2.22. The Morgan fingerprint density at radius 3 is 2.48 bits per heavy atom. The normalized spacial score (nSPS) is 12.7. The highest BCUT2D eigenvalue weighted by molar-refractivity contribution is 5.79. The molecule has 3 N–H and O–H groups in total. The summed E-state index contributed by atoms with van der Waals surface area (Å²) in [5.41, 5.74) is 1.17. The smallest absolute Gasteiger partial charge is 0.191 e. The number of nitrogens with one attached hydrogen (secondary N) is 3. The molecule has 0 fully saturated rings. The van der Waals surface area contributed by atoms with Gasteiger partial charge in [-0.25, -0.2) is 0 Å². The predicted octanol–water partition coefficient (Wildman–Crippen LogP) is 2.63. The lowest BCUT2D eigenvalue weighted by molar-refractivity contribution is 0.368. The Bertz CT molecular complexity index is 472. The van der Waals surface area contributed by atoms with Crippen LogP contribution in [0.2, 0.25) is 0 Å². The fourth-order valence-corrected chi connectivity index (χ4v) is 2.32. The van der Waals surface area contributed by atoms with E-state index in [0.717, 1.165) is 43.3 Å². The van der Waals surface area contributed by atoms with Crippen molar-refractivity contribution in [3.05, 3.63) is 17.5 Å². The third-order valence-electron chi connectivity index (χ3n) is 3.71. The summed E-state index contributed by atoms with van der Waals surface area (Å²) in [7, 11) is 1.77. The molecule has 0 saturated heterocycles. The Hall–Kier alpha value is -1.56. The summed E-state index contributed by atoms with van der Waals surface area (Å²) in [6.07, 6.45) is 2.17. The Morgan fingerprint density at radius 1 is 1.22 bits per heavy atom. The zero-order valence-corrected chi connectivity index (χ0v) is 15.5. The molecule has 1 aromatic rings. The van der Waals surface area contributed by atoms with Gasteiger partial charge < -0.3 is 20.5 Å². The van der Waals surface area contributed by atoms with Crippen LogP contribution in [0.1, 0.15) is 64.8 Å². The van der Waals surface area contributed by atoms with E-state index in [0.29, 0.717) is 12.5 Å². The van der Waals surface area contributed by atoms with Crippen molar-refractivity contribution in [1.82, 2.24) is 21.1 Å². The standard InChI is InChI=1S/C17H33N5O/c1-7-13(8-2)15-11-14(23-22-15)12-20-16(18-6)19-9-10-21-17(3,4)5/h11,13,21H,7-10,12H2,1-6H3,(H2,18,19,20). The lowest BCUT2D eigenvalue weighted by atomic mass is 9.99. The van der Waals surface area contributed by atoms with Crippen LogP contribution in [0.25, 0.3) is 0 Å². The molecule has 0 atom stereocenters. The first kappa shape index (κ1) is 19.5. The number of guanidine groups is 1. The molecule has 1 aromatic heterocycles. The van der Waals surface area contributed by atoms with E-state index in [2.05, 4.69) is 60.7 Å². The maximum absolute atomic E-state index is 5.41. The van der Waals surface area contributed by atoms with E-state index >= 15 is 0 Å². The molecule has 0 aliphatic heterocycles. The fourth-order valence-electron chi connectivity index (χ4n) is 2.32. The molecular formula is C17H33N5O. The average Bonchev–Trinajstić information content (AvgIpc) is 2.95. The quantitative estimate of drug-likeness (QED) is 0.389. The molecule has 6 heteroatoms. The van der Waals surface area contributed by atoms with Gasteiger partial charge in [0.15, 0.2) is 11.7 Å². The monoisotopic (exact) mass is 323 g/mol. The number of aromatic nitrogens is 1. The summed E-state index contributed by atoms with van der Waals surface area (Å²) in [5.74, 6) is 2.08. The van der Waals surface area contributed by atoms with Gasteiger partial charge in [0.1, 0.15) is 0 Å². The predicted molar refractivity (Wildman–Crippen MR) is 95.8 cm³/mol. The molecule has 0 unspecified atom stereocenters. The number of nitrogens with zero attached hydrogens (tertiary/aromatic N) is 2. The molecule has 6 nitrogen and oxygen atoms in total. The first-order valence-electron chi connectivity index (χ1n) is 8.54. The van der Waals surface area contributed by atoms with Crippen molar-refractivity contribution < 1.29 is 4.52 Å². The Kier molecular flexibility index (Phi) is 8.09. The Labute approximate surface area is 140 Å². The molecule has 0 bridgehead atoms. The molecule has 132 valence electrons. The highest BCUT2D eigenvalue weighted by Gasteiger charge is 2.13. The molecular weight excluding hydrogens is 290 g/mol. The topological polar surface area (TPSA) is 74.5 Å². The molecule has 0 aliphatic rings. The van der Waals surface area contributed by atoms with Crippen LogP contribution < -0.4 is 16.0 Å². The molecule has 23 heavy (non-hydrogen) atoms. The van der Waals surface area contributed by atoms with E-state index in [4.69, 9.17) is 4.52 Å². The molecule has 1 rings (SSSR count). The Balaban J connectivity index is 2.37. The molecule has 0 radical (unpaired) electrons. The van der Waals surface area contributed by atoms with Crippen LogP contribution in [0.4, 0.5) is 0 Å². The van der Waals surface area contributed by atoms with Crippen molar-refractivity contribution in [3.8, 4) is 0 Å². The first-order chi connectivity index (χ1) is 10.9. The van der Waals surface area contributed by atoms with Crippen LogP contribution in [-0.2, 0) is 6.54 Å². The Morgan fingerprint density at radius 2 is 1.91 bits per heavy atom. The first-order valence-corrected chi connectivity index (χ1v) is 8.54. The highest BCUT2D eigenvalue weighted by atomic mass is 16.5. The van der Waals surface area contributed by atoms with Crippen molar-refractivity contribution in [2.45, 2.75) is 65.5 Å². The second-order valence-electron chi connectivity index (χ2n) is 6.76. The van der Waals surface area contributed by atoms with Crippen LogP contribution in [-0.4, -0.2) is 36.8 Å². The average molecular weight is 323 g/mol. The third kappa shape index (κ3) is 7.50. The van der Waals surface area contributed by atoms with Crippen molar-refractivity contribution in [2.24, 2.45) is 4.99 Å². The van der Waals surface area contributed by atoms with Gasteiger partial charge in [-0.1, -0.05) is 19.0 Å². The second kappa shape index (κ2) is 9.55. The van der Waals surface area contributed by atoms with Gasteiger partial charge in [-0.15, -0.1) is 0 Å². The minimum absolute atomic E-state index is 0.129. The summed E-state index contributed by atoms with van der Waals surface area (Å²) in [5, 5.41) is 14.1. The van der Waals surface area contributed by atoms with Gasteiger partial charge in [0, 0.05) is 37.7 Å². The minimum Gasteiger partial charge on any atom is -0.359 e. The van der Waals surface area contributed by atoms with Crippen molar-refractivity contribution >= 4 is 5.96 Å². The van der Waals surface area contributed by atoms with E-state index in [1.165, 1.54) is 0 Å². The molecule has 0 aromatic carbocycles. The summed E-state index contributed by atoms with van der Waals surface area (Å²) in [6.45, 7) is 13.1. The number of hydrogen-bond acceptors (Lipinski definition) is 4. The molecule has 0 saturated carbocycles. The molecule has 0 spiro atoms. The lowest BCUT2D eigenvalue weighted by Gasteiger charge is -2.21. The van der Waals surface area contributed by atoms with Gasteiger partial charge in [0.05, 0.1) is 12.2 Å². The van der Waals surface area contributed by atoms with Gasteiger partial charge in [-0.3, -0.25) is 4.99 Å². The summed E-state index contributed by atoms with van der Waals surface area (Å²) < 4.78 is 5.41. The SMILES string of the molecule is CCC(CC)c1cc(CNC(=NC)NCCNC(C)(C)C)on1. The van der Waals surface area contributed by atoms with E-state index in [9.17, 15) is 0 Å². The van der Waals surface area contributed by atoms with Gasteiger partial charge >= 0.3 is 0 Å². The van der Waals surface area contributed by atoms with Gasteiger partial charge in [-0.05, 0) is 33.6 Å². The van der Waals surface area contributed by atoms with Crippen LogP contribution in [0, 0.1) is 0 Å². The largest absolute Gasteiger partial charge is 0.359 e. The van der Waals surface area contributed by atoms with E-state index in [1.54, 1.807) is 7.05 Å². The van der Waals surface area contributed by atoms with E-state index < -0.39 is 0 Å². The van der Waals surface area contributed by atoms with Crippen LogP contribution >= 0.6 is 0 Å². The van der Waals surface area contributed by atoms with Crippen LogP contribution in [0.5, 0.6) is 0 Å². The number of aliphatic imine (C=N–C) groups is 1. The third-order valence-corrected chi connectivity index (χ3v) is 3.71. The van der Waals surface area contributed by atoms with E-state index in [1.807, 2.05) is 6.07 Å². The second-order valence-corrected chi connectivity index (χ2v) is 6.76. The molecule has 0 aliphatic carbocycles. The van der Waals surface area contributed by atoms with Gasteiger partial charge in [0.25, 0.3) is 0 Å². The fraction of sp³-hybridized carbons (Fsp3) is 0.765. The van der Waals surface area contributed by atoms with Crippen LogP contribution in [0.15, 0.2) is 15.6 Å². The van der Waals surface area contributed by atoms with Crippen molar-refractivity contribution in [3.63, 3.8) is 0 Å². The summed E-state index contributed by atoms with van der Waals surface area (Å²) >= 11 is 0. The summed E-state index contributed by atoms with van der Waals surface area (Å²) in [4.78, 5) is 4.22. The molecule has 1 heterocycles. The zero-order valence-electron chi connectivity index (χ0n) is 15.5. The maximum atomic E-state index is 5.41. The van der Waals surface area contributed by atoms with Crippen molar-refractivity contribution in [1.29, 1.82) is 0 Å². The maximum Gasteiger partial charge on any atom is 0.191 e. The van der Waals surface area contributed by atoms with Crippen molar-refractivity contribution in [2.75, 3.05) is 20.1 Å². The number of rotatable bonds is 8. The minimum atomic E-state index is 0.129. The molecule has 0 amide bonds. The van der Waals surface area contributed by atoms with E-state index in [-0.39, 0.29) is 5.54 Å². The van der Waals surface area contributed by atoms with Crippen LogP contribution in [0.3, 0.4) is 0 Å². The summed E-state index contributed by atoms with van der Waals surface area (Å²) in [6, 6.07) is 2.04. The lowest BCUT2D eigenvalue weighted by Crippen LogP contribution is -2.44.